The van der Waals surface area contributed by atoms with Gasteiger partial charge >= 0.3 is 0 Å². The lowest BCUT2D eigenvalue weighted by Crippen LogP contribution is -2.44. The molecular formula is C18H21N5. The number of anilines is 1. The van der Waals surface area contributed by atoms with Crippen molar-refractivity contribution in [2.24, 2.45) is 0 Å². The minimum absolute atomic E-state index is 0.934. The van der Waals surface area contributed by atoms with Crippen LogP contribution >= 0.6 is 0 Å². The van der Waals surface area contributed by atoms with Crippen LogP contribution in [0.25, 0.3) is 22.2 Å². The minimum Gasteiger partial charge on any atom is -0.354 e. The van der Waals surface area contributed by atoms with Gasteiger partial charge < -0.3 is 14.8 Å². The number of rotatable bonds is 2. The fourth-order valence-electron chi connectivity index (χ4n) is 3.14. The standard InChI is InChI=1S/C18H21N5/c1-13-9-15-16(12-21-18(15)20-11-13)14-3-4-19-17(10-14)23-7-5-22(2)6-8-23/h3-4,9-12H,5-8H2,1-2H3,(H,20,21). The van der Waals surface area contributed by atoms with Crippen molar-refractivity contribution in [1.82, 2.24) is 19.9 Å². The Hall–Kier alpha value is -2.40. The summed E-state index contributed by atoms with van der Waals surface area (Å²) in [6, 6.07) is 6.45. The highest BCUT2D eigenvalue weighted by Crippen LogP contribution is 2.30. The van der Waals surface area contributed by atoms with Crippen molar-refractivity contribution < 1.29 is 0 Å². The predicted octanol–water partition coefficient (Wildman–Crippen LogP) is 2.69. The summed E-state index contributed by atoms with van der Waals surface area (Å²) in [5, 5.41) is 1.17. The van der Waals surface area contributed by atoms with Crippen LogP contribution in [0.15, 0.2) is 36.8 Å². The summed E-state index contributed by atoms with van der Waals surface area (Å²) < 4.78 is 0. The van der Waals surface area contributed by atoms with Crippen LogP contribution in [0.5, 0.6) is 0 Å². The molecule has 1 N–H and O–H groups in total. The average molecular weight is 307 g/mol. The average Bonchev–Trinajstić information content (AvgIpc) is 2.98. The number of H-pyrrole nitrogens is 1. The fraction of sp³-hybridized carbons (Fsp3) is 0.333. The van der Waals surface area contributed by atoms with Crippen molar-refractivity contribution in [3.8, 4) is 11.1 Å². The maximum atomic E-state index is 4.58. The first-order valence-corrected chi connectivity index (χ1v) is 8.04. The van der Waals surface area contributed by atoms with Gasteiger partial charge in [0.25, 0.3) is 0 Å². The first-order chi connectivity index (χ1) is 11.2. The molecule has 0 spiro atoms. The molecule has 4 heterocycles. The lowest BCUT2D eigenvalue weighted by Gasteiger charge is -2.33. The second-order valence-corrected chi connectivity index (χ2v) is 6.30. The normalized spacial score (nSPS) is 16.2. The molecule has 1 fully saturated rings. The Morgan fingerprint density at radius 1 is 1.09 bits per heavy atom. The zero-order chi connectivity index (χ0) is 15.8. The summed E-state index contributed by atoms with van der Waals surface area (Å²) in [5.74, 6) is 1.06. The number of pyridine rings is 2. The molecule has 1 aliphatic rings. The summed E-state index contributed by atoms with van der Waals surface area (Å²) in [4.78, 5) is 17.0. The first kappa shape index (κ1) is 14.2. The van der Waals surface area contributed by atoms with Crippen molar-refractivity contribution in [3.63, 3.8) is 0 Å². The Kier molecular flexibility index (Phi) is 3.50. The summed E-state index contributed by atoms with van der Waals surface area (Å²) in [5.41, 5.74) is 4.48. The number of aromatic nitrogens is 3. The molecule has 4 rings (SSSR count). The van der Waals surface area contributed by atoms with E-state index in [0.29, 0.717) is 0 Å². The number of aryl methyl sites for hydroxylation is 1. The third-order valence-corrected chi connectivity index (χ3v) is 4.55. The Labute approximate surface area is 136 Å². The Balaban J connectivity index is 1.71. The van der Waals surface area contributed by atoms with Crippen LogP contribution in [0.3, 0.4) is 0 Å². The highest BCUT2D eigenvalue weighted by Gasteiger charge is 2.16. The van der Waals surface area contributed by atoms with Gasteiger partial charge in [-0.2, -0.15) is 0 Å². The van der Waals surface area contributed by atoms with Gasteiger partial charge in [-0.25, -0.2) is 9.97 Å². The smallest absolute Gasteiger partial charge is 0.137 e. The number of aromatic amines is 1. The molecule has 0 unspecified atom stereocenters. The topological polar surface area (TPSA) is 48.1 Å². The van der Waals surface area contributed by atoms with Crippen molar-refractivity contribution in [2.75, 3.05) is 38.1 Å². The molecule has 118 valence electrons. The molecule has 0 radical (unpaired) electrons. The van der Waals surface area contributed by atoms with Gasteiger partial charge in [0, 0.05) is 55.7 Å². The highest BCUT2D eigenvalue weighted by atomic mass is 15.3. The van der Waals surface area contributed by atoms with E-state index in [9.17, 15) is 0 Å². The molecule has 0 aromatic carbocycles. The maximum Gasteiger partial charge on any atom is 0.137 e. The van der Waals surface area contributed by atoms with Gasteiger partial charge in [-0.3, -0.25) is 0 Å². The second-order valence-electron chi connectivity index (χ2n) is 6.30. The first-order valence-electron chi connectivity index (χ1n) is 8.04. The third kappa shape index (κ3) is 2.68. The number of piperazine rings is 1. The van der Waals surface area contributed by atoms with E-state index in [4.69, 9.17) is 0 Å². The largest absolute Gasteiger partial charge is 0.354 e. The summed E-state index contributed by atoms with van der Waals surface area (Å²) in [6.45, 7) is 6.30. The minimum atomic E-state index is 0.934. The number of hydrogen-bond acceptors (Lipinski definition) is 4. The molecule has 23 heavy (non-hydrogen) atoms. The molecule has 3 aromatic heterocycles. The molecule has 0 aliphatic carbocycles. The van der Waals surface area contributed by atoms with Crippen LogP contribution in [0.4, 0.5) is 5.82 Å². The van der Waals surface area contributed by atoms with Crippen molar-refractivity contribution in [2.45, 2.75) is 6.92 Å². The van der Waals surface area contributed by atoms with Crippen molar-refractivity contribution in [1.29, 1.82) is 0 Å². The zero-order valence-corrected chi connectivity index (χ0v) is 13.6. The molecule has 0 atom stereocenters. The summed E-state index contributed by atoms with van der Waals surface area (Å²) in [6.07, 6.45) is 5.84. The number of nitrogens with one attached hydrogen (secondary N) is 1. The predicted molar refractivity (Wildman–Crippen MR) is 93.8 cm³/mol. The molecule has 0 amide bonds. The van der Waals surface area contributed by atoms with E-state index in [0.717, 1.165) is 37.6 Å². The van der Waals surface area contributed by atoms with Gasteiger partial charge in [-0.15, -0.1) is 0 Å². The third-order valence-electron chi connectivity index (χ3n) is 4.55. The van der Waals surface area contributed by atoms with Crippen LogP contribution in [0.1, 0.15) is 5.56 Å². The Morgan fingerprint density at radius 3 is 2.74 bits per heavy atom. The zero-order valence-electron chi connectivity index (χ0n) is 13.6. The lowest BCUT2D eigenvalue weighted by molar-refractivity contribution is 0.312. The Morgan fingerprint density at radius 2 is 1.91 bits per heavy atom. The fourth-order valence-corrected chi connectivity index (χ4v) is 3.14. The van der Waals surface area contributed by atoms with Crippen LogP contribution in [-0.2, 0) is 0 Å². The molecule has 3 aromatic rings. The number of hydrogen-bond donors (Lipinski definition) is 1. The molecule has 1 aliphatic heterocycles. The lowest BCUT2D eigenvalue weighted by atomic mass is 10.1. The number of fused-ring (bicyclic) bond motifs is 1. The van der Waals surface area contributed by atoms with Gasteiger partial charge in [0.1, 0.15) is 11.5 Å². The molecule has 5 nitrogen and oxygen atoms in total. The van der Waals surface area contributed by atoms with E-state index in [1.807, 2.05) is 18.6 Å². The molecule has 0 bridgehead atoms. The SMILES string of the molecule is Cc1cnc2[nH]cc(-c3ccnc(N4CCN(C)CC4)c3)c2c1. The quantitative estimate of drug-likeness (QED) is 0.791. The van der Waals surface area contributed by atoms with Crippen LogP contribution in [0.2, 0.25) is 0 Å². The molecule has 1 saturated heterocycles. The van der Waals surface area contributed by atoms with Gasteiger partial charge in [-0.1, -0.05) is 0 Å². The maximum absolute atomic E-state index is 4.58. The van der Waals surface area contributed by atoms with Crippen LogP contribution < -0.4 is 4.90 Å². The molecule has 0 saturated carbocycles. The van der Waals surface area contributed by atoms with Crippen LogP contribution in [0, 0.1) is 6.92 Å². The molecular weight excluding hydrogens is 286 g/mol. The van der Waals surface area contributed by atoms with E-state index < -0.39 is 0 Å². The van der Waals surface area contributed by atoms with Gasteiger partial charge in [-0.05, 0) is 43.3 Å². The summed E-state index contributed by atoms with van der Waals surface area (Å²) in [7, 11) is 2.17. The van der Waals surface area contributed by atoms with E-state index in [1.165, 1.54) is 22.1 Å². The highest BCUT2D eigenvalue weighted by molar-refractivity contribution is 5.94. The van der Waals surface area contributed by atoms with E-state index in [-0.39, 0.29) is 0 Å². The summed E-state index contributed by atoms with van der Waals surface area (Å²) >= 11 is 0. The van der Waals surface area contributed by atoms with Crippen molar-refractivity contribution >= 4 is 16.9 Å². The number of likely N-dealkylation sites (N-methyl/N-ethyl adjacent to an activating group) is 1. The van der Waals surface area contributed by atoms with E-state index >= 15 is 0 Å². The Bertz CT molecular complexity index is 830. The second kappa shape index (κ2) is 5.66. The molecule has 5 heteroatoms. The van der Waals surface area contributed by atoms with Crippen LogP contribution in [-0.4, -0.2) is 53.1 Å². The number of nitrogens with zero attached hydrogens (tertiary/aromatic N) is 4. The van der Waals surface area contributed by atoms with Gasteiger partial charge in [0.15, 0.2) is 0 Å². The van der Waals surface area contributed by atoms with Gasteiger partial charge in [0.05, 0.1) is 0 Å². The van der Waals surface area contributed by atoms with Gasteiger partial charge in [0.2, 0.25) is 0 Å². The van der Waals surface area contributed by atoms with Crippen molar-refractivity contribution in [3.05, 3.63) is 42.4 Å². The van der Waals surface area contributed by atoms with E-state index in [2.05, 4.69) is 56.9 Å². The monoisotopic (exact) mass is 307 g/mol. The van der Waals surface area contributed by atoms with E-state index in [1.54, 1.807) is 0 Å².